The summed E-state index contributed by atoms with van der Waals surface area (Å²) in [6.07, 6.45) is 8.71. The van der Waals surface area contributed by atoms with Gasteiger partial charge in [0, 0.05) is 18.1 Å². The molecule has 0 amide bonds. The van der Waals surface area contributed by atoms with E-state index in [0.29, 0.717) is 11.5 Å². The van der Waals surface area contributed by atoms with Gasteiger partial charge >= 0.3 is 5.97 Å². The molecular formula is C17H24O3. The maximum absolute atomic E-state index is 11.3. The summed E-state index contributed by atoms with van der Waals surface area (Å²) >= 11 is 0. The molecule has 1 fully saturated rings. The molecule has 110 valence electrons. The zero-order chi connectivity index (χ0) is 15.0. The molecule has 0 aromatic rings. The molecule has 0 N–H and O–H groups in total. The summed E-state index contributed by atoms with van der Waals surface area (Å²) < 4.78 is 5.10. The normalized spacial score (nSPS) is 34.1. The van der Waals surface area contributed by atoms with Gasteiger partial charge in [-0.1, -0.05) is 33.3 Å². The minimum atomic E-state index is -0.344. The van der Waals surface area contributed by atoms with Gasteiger partial charge in [0.05, 0.1) is 6.26 Å². The van der Waals surface area contributed by atoms with Gasteiger partial charge in [0.2, 0.25) is 0 Å². The number of allylic oxidation sites excluding steroid dienone is 3. The summed E-state index contributed by atoms with van der Waals surface area (Å²) in [4.78, 5) is 22.4. The van der Waals surface area contributed by atoms with Crippen LogP contribution >= 0.6 is 0 Å². The molecule has 1 saturated carbocycles. The van der Waals surface area contributed by atoms with Gasteiger partial charge in [-0.3, -0.25) is 9.59 Å². The fourth-order valence-corrected chi connectivity index (χ4v) is 4.16. The summed E-state index contributed by atoms with van der Waals surface area (Å²) in [7, 11) is 0. The fourth-order valence-electron chi connectivity index (χ4n) is 4.16. The predicted molar refractivity (Wildman–Crippen MR) is 77.8 cm³/mol. The molecule has 2 unspecified atom stereocenters. The monoisotopic (exact) mass is 276 g/mol. The van der Waals surface area contributed by atoms with Gasteiger partial charge in [-0.05, 0) is 36.0 Å². The quantitative estimate of drug-likeness (QED) is 0.438. The Bertz CT molecular complexity index is 484. The Morgan fingerprint density at radius 2 is 2.05 bits per heavy atom. The zero-order valence-electron chi connectivity index (χ0n) is 12.9. The van der Waals surface area contributed by atoms with Gasteiger partial charge < -0.3 is 4.74 Å². The van der Waals surface area contributed by atoms with Crippen LogP contribution in [0.4, 0.5) is 0 Å². The lowest BCUT2D eigenvalue weighted by Crippen LogP contribution is -2.45. The second-order valence-corrected chi connectivity index (χ2v) is 6.97. The van der Waals surface area contributed by atoms with Crippen LogP contribution in [0.25, 0.3) is 0 Å². The highest BCUT2D eigenvalue weighted by molar-refractivity contribution is 5.81. The van der Waals surface area contributed by atoms with Crippen molar-refractivity contribution in [2.24, 2.45) is 16.7 Å². The molecule has 0 radical (unpaired) electrons. The van der Waals surface area contributed by atoms with E-state index in [1.54, 1.807) is 0 Å². The van der Waals surface area contributed by atoms with Gasteiger partial charge in [-0.2, -0.15) is 0 Å². The summed E-state index contributed by atoms with van der Waals surface area (Å²) in [6, 6.07) is 0. The van der Waals surface area contributed by atoms with Crippen LogP contribution in [0.3, 0.4) is 0 Å². The molecule has 0 saturated heterocycles. The number of hydrogen-bond donors (Lipinski definition) is 0. The van der Waals surface area contributed by atoms with Crippen molar-refractivity contribution in [2.75, 3.05) is 0 Å². The Balaban J connectivity index is 2.47. The lowest BCUT2D eigenvalue weighted by Gasteiger charge is -2.53. The van der Waals surface area contributed by atoms with Crippen LogP contribution in [-0.4, -0.2) is 12.3 Å². The molecule has 0 spiro atoms. The molecule has 0 bridgehead atoms. The molecule has 3 heteroatoms. The maximum atomic E-state index is 11.3. The molecule has 3 nitrogen and oxygen atoms in total. The van der Waals surface area contributed by atoms with Crippen molar-refractivity contribution in [3.63, 3.8) is 0 Å². The molecule has 20 heavy (non-hydrogen) atoms. The van der Waals surface area contributed by atoms with E-state index in [9.17, 15) is 9.59 Å². The first-order valence-electron chi connectivity index (χ1n) is 7.35. The number of aldehydes is 1. The Kier molecular flexibility index (Phi) is 3.90. The van der Waals surface area contributed by atoms with E-state index in [0.717, 1.165) is 31.1 Å². The second kappa shape index (κ2) is 5.19. The number of rotatable bonds is 2. The summed E-state index contributed by atoms with van der Waals surface area (Å²) in [5.41, 5.74) is 1.74. The van der Waals surface area contributed by atoms with Crippen LogP contribution in [0.5, 0.6) is 0 Å². The lowest BCUT2D eigenvalue weighted by atomic mass is 9.51. The van der Waals surface area contributed by atoms with E-state index in [4.69, 9.17) is 4.74 Å². The maximum Gasteiger partial charge on any atom is 0.307 e. The van der Waals surface area contributed by atoms with E-state index in [-0.39, 0.29) is 16.8 Å². The first-order valence-corrected chi connectivity index (χ1v) is 7.35. The van der Waals surface area contributed by atoms with E-state index in [1.165, 1.54) is 19.6 Å². The van der Waals surface area contributed by atoms with Gasteiger partial charge in [-0.25, -0.2) is 0 Å². The summed E-state index contributed by atoms with van der Waals surface area (Å²) in [5.74, 6) is 0.137. The highest BCUT2D eigenvalue weighted by atomic mass is 16.5. The zero-order valence-corrected chi connectivity index (χ0v) is 12.9. The topological polar surface area (TPSA) is 43.4 Å². The molecule has 2 atom stereocenters. The Morgan fingerprint density at radius 3 is 2.65 bits per heavy atom. The standard InChI is InChI=1S/C17H24O3/c1-12(19)20-11-14-13(10-18)6-7-15-16(2,3)8-5-9-17(14,15)4/h6,10-11,15H,5,7-9H2,1-4H3. The summed E-state index contributed by atoms with van der Waals surface area (Å²) in [5, 5.41) is 0. The molecule has 0 aliphatic heterocycles. The highest BCUT2D eigenvalue weighted by Gasteiger charge is 2.50. The summed E-state index contributed by atoms with van der Waals surface area (Å²) in [6.45, 7) is 8.20. The van der Waals surface area contributed by atoms with Crippen molar-refractivity contribution >= 4 is 12.3 Å². The first-order chi connectivity index (χ1) is 9.31. The van der Waals surface area contributed by atoms with Gasteiger partial charge in [-0.15, -0.1) is 0 Å². The molecule has 0 aromatic heterocycles. The second-order valence-electron chi connectivity index (χ2n) is 6.97. The number of ether oxygens (including phenoxy) is 1. The number of carbonyl (C=O) groups excluding carboxylic acids is 2. The average Bonchev–Trinajstić information content (AvgIpc) is 2.34. The minimum absolute atomic E-state index is 0.0812. The molecule has 2 aliphatic rings. The van der Waals surface area contributed by atoms with Crippen LogP contribution in [0, 0.1) is 16.7 Å². The SMILES string of the molecule is CC(=O)OC=C1C(C=O)=CCC2C(C)(C)CCCC12C. The smallest absolute Gasteiger partial charge is 0.307 e. The predicted octanol–water partition coefficient (Wildman–Crippen LogP) is 3.80. The third-order valence-electron chi connectivity index (χ3n) is 5.20. The number of esters is 1. The van der Waals surface area contributed by atoms with Gasteiger partial charge in [0.25, 0.3) is 0 Å². The van der Waals surface area contributed by atoms with Crippen molar-refractivity contribution in [3.8, 4) is 0 Å². The molecule has 2 rings (SSSR count). The Labute approximate surface area is 121 Å². The van der Waals surface area contributed by atoms with Crippen LogP contribution in [0.2, 0.25) is 0 Å². The van der Waals surface area contributed by atoms with Crippen molar-refractivity contribution in [1.29, 1.82) is 0 Å². The van der Waals surface area contributed by atoms with Crippen molar-refractivity contribution in [3.05, 3.63) is 23.5 Å². The van der Waals surface area contributed by atoms with Crippen LogP contribution < -0.4 is 0 Å². The first kappa shape index (κ1) is 15.0. The van der Waals surface area contributed by atoms with Gasteiger partial charge in [0.15, 0.2) is 0 Å². The van der Waals surface area contributed by atoms with Crippen LogP contribution in [-0.2, 0) is 14.3 Å². The number of fused-ring (bicyclic) bond motifs is 1. The van der Waals surface area contributed by atoms with Crippen LogP contribution in [0.1, 0.15) is 53.4 Å². The minimum Gasteiger partial charge on any atom is -0.434 e. The Hall–Kier alpha value is -1.38. The molecule has 0 aromatic carbocycles. The van der Waals surface area contributed by atoms with Crippen molar-refractivity contribution in [2.45, 2.75) is 53.4 Å². The lowest BCUT2D eigenvalue weighted by molar-refractivity contribution is -0.135. The highest BCUT2D eigenvalue weighted by Crippen LogP contribution is 2.59. The van der Waals surface area contributed by atoms with Gasteiger partial charge in [0.1, 0.15) is 6.29 Å². The van der Waals surface area contributed by atoms with E-state index in [2.05, 4.69) is 20.8 Å². The largest absolute Gasteiger partial charge is 0.434 e. The average molecular weight is 276 g/mol. The van der Waals surface area contributed by atoms with Crippen LogP contribution in [0.15, 0.2) is 23.5 Å². The van der Waals surface area contributed by atoms with E-state index >= 15 is 0 Å². The van der Waals surface area contributed by atoms with E-state index < -0.39 is 0 Å². The molecule has 0 heterocycles. The van der Waals surface area contributed by atoms with E-state index in [1.807, 2.05) is 6.08 Å². The number of carbonyl (C=O) groups is 2. The molecular weight excluding hydrogens is 252 g/mol. The van der Waals surface area contributed by atoms with Crippen molar-refractivity contribution in [1.82, 2.24) is 0 Å². The molecule has 2 aliphatic carbocycles. The Morgan fingerprint density at radius 1 is 1.35 bits per heavy atom. The van der Waals surface area contributed by atoms with Crippen molar-refractivity contribution < 1.29 is 14.3 Å². The third-order valence-corrected chi connectivity index (χ3v) is 5.20. The number of hydrogen-bond acceptors (Lipinski definition) is 3. The third kappa shape index (κ3) is 2.46. The fraction of sp³-hybridized carbons (Fsp3) is 0.647.